The van der Waals surface area contributed by atoms with Gasteiger partial charge in [0.05, 0.1) is 16.4 Å². The molecule has 0 amide bonds. The number of para-hydroxylation sites is 1. The van der Waals surface area contributed by atoms with Gasteiger partial charge in [0.1, 0.15) is 0 Å². The summed E-state index contributed by atoms with van der Waals surface area (Å²) >= 11 is 6.29. The summed E-state index contributed by atoms with van der Waals surface area (Å²) in [5.41, 5.74) is 7.91. The Labute approximate surface area is 109 Å². The molecule has 1 aromatic carbocycles. The fourth-order valence-electron chi connectivity index (χ4n) is 2.10. The summed E-state index contributed by atoms with van der Waals surface area (Å²) in [6.07, 6.45) is 3.71. The van der Waals surface area contributed by atoms with Crippen molar-refractivity contribution in [2.24, 2.45) is 5.92 Å². The monoisotopic (exact) mass is 252 g/mol. The van der Waals surface area contributed by atoms with Gasteiger partial charge in [0, 0.05) is 12.6 Å². The number of rotatable bonds is 5. The van der Waals surface area contributed by atoms with E-state index in [1.807, 2.05) is 18.2 Å². The van der Waals surface area contributed by atoms with Gasteiger partial charge in [-0.3, -0.25) is 0 Å². The zero-order chi connectivity index (χ0) is 12.4. The first-order chi connectivity index (χ1) is 8.09. The van der Waals surface area contributed by atoms with Gasteiger partial charge in [-0.2, -0.15) is 0 Å². The SMILES string of the molecule is CC(C)CCN(c1c(N)cccc1Cl)C1CC1. The number of benzene rings is 1. The molecule has 0 heterocycles. The normalized spacial score (nSPS) is 15.3. The van der Waals surface area contributed by atoms with E-state index in [1.54, 1.807) is 0 Å². The van der Waals surface area contributed by atoms with Crippen molar-refractivity contribution in [2.75, 3.05) is 17.2 Å². The molecular weight excluding hydrogens is 232 g/mol. The highest BCUT2D eigenvalue weighted by molar-refractivity contribution is 6.34. The van der Waals surface area contributed by atoms with Crippen molar-refractivity contribution in [3.05, 3.63) is 23.2 Å². The predicted molar refractivity (Wildman–Crippen MR) is 75.7 cm³/mol. The van der Waals surface area contributed by atoms with Crippen LogP contribution in [0.15, 0.2) is 18.2 Å². The van der Waals surface area contributed by atoms with Gasteiger partial charge in [0.15, 0.2) is 0 Å². The highest BCUT2D eigenvalue weighted by Gasteiger charge is 2.31. The van der Waals surface area contributed by atoms with Crippen LogP contribution in [-0.4, -0.2) is 12.6 Å². The molecule has 2 rings (SSSR count). The van der Waals surface area contributed by atoms with Crippen LogP contribution in [0.25, 0.3) is 0 Å². The van der Waals surface area contributed by atoms with Crippen molar-refractivity contribution in [1.29, 1.82) is 0 Å². The molecule has 1 saturated carbocycles. The standard InChI is InChI=1S/C14H21ClN2/c1-10(2)8-9-17(11-6-7-11)14-12(15)4-3-5-13(14)16/h3-5,10-11H,6-9,16H2,1-2H3. The lowest BCUT2D eigenvalue weighted by molar-refractivity contribution is 0.571. The van der Waals surface area contributed by atoms with Crippen LogP contribution in [0.2, 0.25) is 5.02 Å². The Bertz CT molecular complexity index is 366. The molecule has 0 unspecified atom stereocenters. The van der Waals surface area contributed by atoms with E-state index in [-0.39, 0.29) is 0 Å². The van der Waals surface area contributed by atoms with Crippen LogP contribution in [0.4, 0.5) is 11.4 Å². The van der Waals surface area contributed by atoms with Crippen LogP contribution in [-0.2, 0) is 0 Å². The van der Waals surface area contributed by atoms with Crippen LogP contribution in [0, 0.1) is 5.92 Å². The number of anilines is 2. The van der Waals surface area contributed by atoms with Crippen molar-refractivity contribution in [3.8, 4) is 0 Å². The predicted octanol–water partition coefficient (Wildman–Crippen LogP) is 3.94. The lowest BCUT2D eigenvalue weighted by Gasteiger charge is -2.27. The van der Waals surface area contributed by atoms with E-state index in [0.717, 1.165) is 22.9 Å². The molecule has 1 aliphatic rings. The van der Waals surface area contributed by atoms with Crippen LogP contribution >= 0.6 is 11.6 Å². The Morgan fingerprint density at radius 2 is 2.12 bits per heavy atom. The van der Waals surface area contributed by atoms with E-state index in [1.165, 1.54) is 19.3 Å². The van der Waals surface area contributed by atoms with Crippen LogP contribution < -0.4 is 10.6 Å². The molecule has 0 bridgehead atoms. The Morgan fingerprint density at radius 1 is 1.41 bits per heavy atom. The minimum Gasteiger partial charge on any atom is -0.397 e. The molecule has 17 heavy (non-hydrogen) atoms. The summed E-state index contributed by atoms with van der Waals surface area (Å²) < 4.78 is 0. The molecule has 0 aromatic heterocycles. The van der Waals surface area contributed by atoms with Gasteiger partial charge in [0.25, 0.3) is 0 Å². The second-order valence-corrected chi connectivity index (χ2v) is 5.69. The molecule has 0 atom stereocenters. The molecule has 1 aliphatic carbocycles. The minimum atomic E-state index is 0.649. The van der Waals surface area contributed by atoms with E-state index in [2.05, 4.69) is 18.7 Å². The largest absolute Gasteiger partial charge is 0.397 e. The van der Waals surface area contributed by atoms with Gasteiger partial charge < -0.3 is 10.6 Å². The lowest BCUT2D eigenvalue weighted by atomic mass is 10.1. The fourth-order valence-corrected chi connectivity index (χ4v) is 2.39. The van der Waals surface area contributed by atoms with Gasteiger partial charge in [-0.05, 0) is 37.3 Å². The maximum Gasteiger partial charge on any atom is 0.0791 e. The second-order valence-electron chi connectivity index (χ2n) is 5.28. The van der Waals surface area contributed by atoms with E-state index in [4.69, 9.17) is 17.3 Å². The molecule has 0 radical (unpaired) electrons. The zero-order valence-corrected chi connectivity index (χ0v) is 11.4. The van der Waals surface area contributed by atoms with Crippen molar-refractivity contribution < 1.29 is 0 Å². The first kappa shape index (κ1) is 12.6. The number of nitrogens with zero attached hydrogens (tertiary/aromatic N) is 1. The third-order valence-electron chi connectivity index (χ3n) is 3.24. The summed E-state index contributed by atoms with van der Waals surface area (Å²) in [6, 6.07) is 6.43. The second kappa shape index (κ2) is 5.18. The van der Waals surface area contributed by atoms with Gasteiger partial charge in [-0.15, -0.1) is 0 Å². The number of nitrogens with two attached hydrogens (primary N) is 1. The third kappa shape index (κ3) is 3.06. The Kier molecular flexibility index (Phi) is 3.82. The third-order valence-corrected chi connectivity index (χ3v) is 3.55. The first-order valence-electron chi connectivity index (χ1n) is 6.40. The maximum absolute atomic E-state index is 6.29. The lowest BCUT2D eigenvalue weighted by Crippen LogP contribution is -2.28. The molecular formula is C14H21ClN2. The van der Waals surface area contributed by atoms with Gasteiger partial charge >= 0.3 is 0 Å². The molecule has 2 N–H and O–H groups in total. The van der Waals surface area contributed by atoms with Crippen molar-refractivity contribution in [1.82, 2.24) is 0 Å². The van der Waals surface area contributed by atoms with Crippen molar-refractivity contribution >= 4 is 23.0 Å². The number of hydrogen-bond donors (Lipinski definition) is 1. The van der Waals surface area contributed by atoms with Gasteiger partial charge in [-0.1, -0.05) is 31.5 Å². The molecule has 1 aromatic rings. The van der Waals surface area contributed by atoms with Crippen LogP contribution in [0.3, 0.4) is 0 Å². The molecule has 2 nitrogen and oxygen atoms in total. The first-order valence-corrected chi connectivity index (χ1v) is 6.78. The summed E-state index contributed by atoms with van der Waals surface area (Å²) in [5, 5.41) is 0.778. The Morgan fingerprint density at radius 3 is 2.65 bits per heavy atom. The zero-order valence-electron chi connectivity index (χ0n) is 10.6. The maximum atomic E-state index is 6.29. The van der Waals surface area contributed by atoms with Gasteiger partial charge in [-0.25, -0.2) is 0 Å². The summed E-state index contributed by atoms with van der Waals surface area (Å²) in [5.74, 6) is 0.708. The Hall–Kier alpha value is -0.890. The topological polar surface area (TPSA) is 29.3 Å². The molecule has 0 spiro atoms. The molecule has 0 saturated heterocycles. The summed E-state index contributed by atoms with van der Waals surface area (Å²) in [7, 11) is 0. The molecule has 94 valence electrons. The minimum absolute atomic E-state index is 0.649. The van der Waals surface area contributed by atoms with Crippen molar-refractivity contribution in [3.63, 3.8) is 0 Å². The number of hydrogen-bond acceptors (Lipinski definition) is 2. The van der Waals surface area contributed by atoms with E-state index >= 15 is 0 Å². The molecule has 0 aliphatic heterocycles. The fraction of sp³-hybridized carbons (Fsp3) is 0.571. The summed E-state index contributed by atoms with van der Waals surface area (Å²) in [4.78, 5) is 2.40. The number of halogens is 1. The quantitative estimate of drug-likeness (QED) is 0.805. The smallest absolute Gasteiger partial charge is 0.0791 e. The van der Waals surface area contributed by atoms with Gasteiger partial charge in [0.2, 0.25) is 0 Å². The van der Waals surface area contributed by atoms with E-state index < -0.39 is 0 Å². The van der Waals surface area contributed by atoms with E-state index in [9.17, 15) is 0 Å². The average Bonchev–Trinajstić information content (AvgIpc) is 3.05. The highest BCUT2D eigenvalue weighted by atomic mass is 35.5. The highest BCUT2D eigenvalue weighted by Crippen LogP contribution is 2.39. The van der Waals surface area contributed by atoms with Crippen molar-refractivity contribution in [2.45, 2.75) is 39.2 Å². The molecule has 1 fully saturated rings. The van der Waals surface area contributed by atoms with E-state index in [0.29, 0.717) is 12.0 Å². The Balaban J connectivity index is 2.20. The van der Waals surface area contributed by atoms with Crippen LogP contribution in [0.5, 0.6) is 0 Å². The van der Waals surface area contributed by atoms with Crippen LogP contribution in [0.1, 0.15) is 33.1 Å². The number of nitrogen functional groups attached to an aromatic ring is 1. The summed E-state index contributed by atoms with van der Waals surface area (Å²) in [6.45, 7) is 5.55. The average molecular weight is 253 g/mol. The molecule has 3 heteroatoms.